The Hall–Kier alpha value is -2.69. The summed E-state index contributed by atoms with van der Waals surface area (Å²) in [6, 6.07) is 14.2. The van der Waals surface area contributed by atoms with Crippen molar-refractivity contribution in [3.63, 3.8) is 0 Å². The topological polar surface area (TPSA) is 59.8 Å². The molecule has 1 N–H and O–H groups in total. The molecule has 1 aliphatic rings. The molecule has 3 aromatic rings. The van der Waals surface area contributed by atoms with E-state index in [4.69, 9.17) is 0 Å². The van der Waals surface area contributed by atoms with Crippen LogP contribution < -0.4 is 10.9 Å². The van der Waals surface area contributed by atoms with Gasteiger partial charge in [0, 0.05) is 29.9 Å². The summed E-state index contributed by atoms with van der Waals surface area (Å²) >= 11 is 0. The van der Waals surface area contributed by atoms with Gasteiger partial charge in [0.2, 0.25) is 0 Å². The van der Waals surface area contributed by atoms with Gasteiger partial charge in [-0.25, -0.2) is 9.67 Å². The van der Waals surface area contributed by atoms with Crippen LogP contribution in [0.3, 0.4) is 0 Å². The average molecular weight is 320 g/mol. The van der Waals surface area contributed by atoms with E-state index in [1.54, 1.807) is 23.0 Å². The smallest absolute Gasteiger partial charge is 0.266 e. The molecule has 24 heavy (non-hydrogen) atoms. The zero-order valence-electron chi connectivity index (χ0n) is 13.4. The van der Waals surface area contributed by atoms with Gasteiger partial charge < -0.3 is 5.32 Å². The molecule has 1 aliphatic carbocycles. The highest BCUT2D eigenvalue weighted by atomic mass is 16.1. The molecule has 2 heterocycles. The van der Waals surface area contributed by atoms with Crippen LogP contribution in [0.15, 0.2) is 59.7 Å². The molecule has 0 aliphatic heterocycles. The largest absolute Gasteiger partial charge is 0.367 e. The Balaban J connectivity index is 1.47. The summed E-state index contributed by atoms with van der Waals surface area (Å²) in [5.41, 5.74) is -0.00960. The number of rotatable bonds is 3. The molecule has 0 atom stereocenters. The van der Waals surface area contributed by atoms with E-state index in [-0.39, 0.29) is 11.6 Å². The number of benzene rings is 1. The van der Waals surface area contributed by atoms with Crippen LogP contribution in [-0.4, -0.2) is 20.8 Å². The van der Waals surface area contributed by atoms with Crippen molar-refractivity contribution in [1.82, 2.24) is 14.8 Å². The van der Waals surface area contributed by atoms with E-state index in [9.17, 15) is 4.79 Å². The first-order valence-corrected chi connectivity index (χ1v) is 8.45. The molecule has 1 saturated carbocycles. The van der Waals surface area contributed by atoms with E-state index in [1.807, 2.05) is 24.4 Å². The zero-order chi connectivity index (χ0) is 16.4. The van der Waals surface area contributed by atoms with Crippen molar-refractivity contribution in [3.8, 4) is 0 Å². The summed E-state index contributed by atoms with van der Waals surface area (Å²) in [5.74, 6) is 0.951. The lowest BCUT2D eigenvalue weighted by Crippen LogP contribution is -2.33. The van der Waals surface area contributed by atoms with Crippen molar-refractivity contribution >= 4 is 16.6 Å². The molecule has 5 heteroatoms. The van der Waals surface area contributed by atoms with Crippen molar-refractivity contribution in [2.24, 2.45) is 0 Å². The number of anilines is 1. The van der Waals surface area contributed by atoms with Gasteiger partial charge in [0.25, 0.3) is 5.56 Å². The van der Waals surface area contributed by atoms with Gasteiger partial charge in [-0.2, -0.15) is 5.10 Å². The van der Waals surface area contributed by atoms with Crippen LogP contribution in [-0.2, 0) is 0 Å². The molecule has 0 radical (unpaired) electrons. The van der Waals surface area contributed by atoms with Crippen LogP contribution in [0.1, 0.15) is 31.7 Å². The molecule has 1 fully saturated rings. The molecule has 122 valence electrons. The molecule has 5 nitrogen and oxygen atoms in total. The third-order valence-corrected chi connectivity index (χ3v) is 4.80. The van der Waals surface area contributed by atoms with Crippen LogP contribution >= 0.6 is 0 Å². The summed E-state index contributed by atoms with van der Waals surface area (Å²) in [6.45, 7) is 0. The summed E-state index contributed by atoms with van der Waals surface area (Å²) in [6.07, 6.45) is 7.48. The maximum Gasteiger partial charge on any atom is 0.266 e. The second-order valence-corrected chi connectivity index (χ2v) is 6.34. The number of aromatic nitrogens is 3. The Labute approximate surface area is 140 Å². The molecule has 0 unspecified atom stereocenters. The summed E-state index contributed by atoms with van der Waals surface area (Å²) in [7, 11) is 0. The molecular weight excluding hydrogens is 300 g/mol. The lowest BCUT2D eigenvalue weighted by Gasteiger charge is -2.30. The number of pyridine rings is 1. The predicted molar refractivity (Wildman–Crippen MR) is 95.2 cm³/mol. The molecule has 0 spiro atoms. The molecule has 4 rings (SSSR count). The minimum atomic E-state index is -0.00960. The van der Waals surface area contributed by atoms with Crippen molar-refractivity contribution in [2.75, 3.05) is 5.32 Å². The molecular formula is C19H20N4O. The van der Waals surface area contributed by atoms with Crippen LogP contribution in [0, 0.1) is 0 Å². The van der Waals surface area contributed by atoms with Crippen LogP contribution in [0.25, 0.3) is 10.8 Å². The van der Waals surface area contributed by atoms with Crippen molar-refractivity contribution in [3.05, 3.63) is 65.2 Å². The third-order valence-electron chi connectivity index (χ3n) is 4.80. The van der Waals surface area contributed by atoms with Crippen LogP contribution in [0.2, 0.25) is 0 Å². The average Bonchev–Trinajstić information content (AvgIpc) is 2.63. The Morgan fingerprint density at radius 2 is 1.79 bits per heavy atom. The lowest BCUT2D eigenvalue weighted by atomic mass is 9.91. The van der Waals surface area contributed by atoms with Gasteiger partial charge in [0.05, 0.1) is 6.04 Å². The maximum atomic E-state index is 11.9. The van der Waals surface area contributed by atoms with Crippen molar-refractivity contribution in [1.29, 1.82) is 0 Å². The second-order valence-electron chi connectivity index (χ2n) is 6.34. The fraction of sp³-hybridized carbons (Fsp3) is 0.316. The number of nitrogens with one attached hydrogen (secondary N) is 1. The van der Waals surface area contributed by atoms with Gasteiger partial charge in [0.1, 0.15) is 5.82 Å². The molecule has 0 saturated heterocycles. The third kappa shape index (κ3) is 2.89. The monoisotopic (exact) mass is 320 g/mol. The standard InChI is InChI=1S/C19H20N4O/c24-18-6-3-12-21-23(18)16-9-7-15(8-10-16)22-19-17-5-2-1-4-14(17)11-13-20-19/h1-6,11-13,15-16H,7-10H2,(H,20,22). The normalized spacial score (nSPS) is 20.8. The van der Waals surface area contributed by atoms with Crippen LogP contribution in [0.5, 0.6) is 0 Å². The molecule has 1 aromatic carbocycles. The highest BCUT2D eigenvalue weighted by Gasteiger charge is 2.24. The first-order chi connectivity index (χ1) is 11.8. The Morgan fingerprint density at radius 3 is 2.62 bits per heavy atom. The summed E-state index contributed by atoms with van der Waals surface area (Å²) in [5, 5.41) is 10.2. The molecule has 0 bridgehead atoms. The first kappa shape index (κ1) is 14.9. The van der Waals surface area contributed by atoms with E-state index in [2.05, 4.69) is 27.5 Å². The summed E-state index contributed by atoms with van der Waals surface area (Å²) < 4.78 is 1.63. The van der Waals surface area contributed by atoms with Crippen molar-refractivity contribution in [2.45, 2.75) is 37.8 Å². The van der Waals surface area contributed by atoms with Crippen LogP contribution in [0.4, 0.5) is 5.82 Å². The first-order valence-electron chi connectivity index (χ1n) is 8.45. The quantitative estimate of drug-likeness (QED) is 0.803. The van der Waals surface area contributed by atoms with Gasteiger partial charge in [-0.05, 0) is 43.2 Å². The second kappa shape index (κ2) is 6.43. The molecule has 0 amide bonds. The fourth-order valence-corrected chi connectivity index (χ4v) is 3.54. The minimum absolute atomic E-state index is 0.00960. The highest BCUT2D eigenvalue weighted by Crippen LogP contribution is 2.30. The van der Waals surface area contributed by atoms with Gasteiger partial charge in [-0.15, -0.1) is 0 Å². The van der Waals surface area contributed by atoms with Crippen molar-refractivity contribution < 1.29 is 0 Å². The Kier molecular flexibility index (Phi) is 3.99. The predicted octanol–water partition coefficient (Wildman–Crippen LogP) is 3.39. The van der Waals surface area contributed by atoms with E-state index >= 15 is 0 Å². The van der Waals surface area contributed by atoms with Gasteiger partial charge in [0.15, 0.2) is 0 Å². The zero-order valence-corrected chi connectivity index (χ0v) is 13.4. The van der Waals surface area contributed by atoms with Gasteiger partial charge >= 0.3 is 0 Å². The van der Waals surface area contributed by atoms with Gasteiger partial charge in [-0.3, -0.25) is 4.79 Å². The van der Waals surface area contributed by atoms with E-state index in [1.165, 1.54) is 5.39 Å². The van der Waals surface area contributed by atoms with E-state index in [0.717, 1.165) is 36.9 Å². The lowest BCUT2D eigenvalue weighted by molar-refractivity contribution is 0.303. The Bertz CT molecular complexity index is 892. The maximum absolute atomic E-state index is 11.9. The summed E-state index contributed by atoms with van der Waals surface area (Å²) in [4.78, 5) is 16.4. The van der Waals surface area contributed by atoms with E-state index < -0.39 is 0 Å². The van der Waals surface area contributed by atoms with E-state index in [0.29, 0.717) is 6.04 Å². The SMILES string of the molecule is O=c1cccnn1C1CCC(Nc2nccc3ccccc23)CC1. The number of hydrogen-bond acceptors (Lipinski definition) is 4. The number of hydrogen-bond donors (Lipinski definition) is 1. The minimum Gasteiger partial charge on any atom is -0.367 e. The van der Waals surface area contributed by atoms with Gasteiger partial charge in [-0.1, -0.05) is 24.3 Å². The number of fused-ring (bicyclic) bond motifs is 1. The number of nitrogens with zero attached hydrogens (tertiary/aromatic N) is 3. The Morgan fingerprint density at radius 1 is 0.958 bits per heavy atom. The molecule has 2 aromatic heterocycles. The fourth-order valence-electron chi connectivity index (χ4n) is 3.54. The highest BCUT2D eigenvalue weighted by molar-refractivity contribution is 5.91.